The minimum atomic E-state index is -3.80. The van der Waals surface area contributed by atoms with Gasteiger partial charge in [0.1, 0.15) is 17.2 Å². The largest absolute Gasteiger partial charge is 0.497 e. The number of nitrogens with zero attached hydrogens (tertiary/aromatic N) is 1. The van der Waals surface area contributed by atoms with Gasteiger partial charge in [-0.05, 0) is 72.5 Å². The number of fused-ring (bicyclic) bond motifs is 1. The number of carbonyl (C=O) groups excluding carboxylic acids is 1. The quantitative estimate of drug-likeness (QED) is 0.334. The monoisotopic (exact) mass is 526 g/mol. The first kappa shape index (κ1) is 25.3. The molecule has 0 bridgehead atoms. The number of hydrogen-bond donors (Lipinski definition) is 1. The Morgan fingerprint density at radius 2 is 1.61 bits per heavy atom. The van der Waals surface area contributed by atoms with E-state index in [1.807, 2.05) is 6.07 Å². The fraction of sp³-hybridized carbons (Fsp3) is 0.192. The van der Waals surface area contributed by atoms with Crippen LogP contribution in [0, 0.1) is 6.92 Å². The van der Waals surface area contributed by atoms with Crippen molar-refractivity contribution in [2.45, 2.75) is 11.8 Å². The molecule has 1 aromatic heterocycles. The molecule has 0 fully saturated rings. The van der Waals surface area contributed by atoms with Crippen molar-refractivity contribution in [2.24, 2.45) is 0 Å². The average Bonchev–Trinajstić information content (AvgIpc) is 3.31. The molecular formula is C26H26N2O6S2. The number of anilines is 2. The molecule has 10 heteroatoms. The summed E-state index contributed by atoms with van der Waals surface area (Å²) in [5.74, 6) is 1.41. The van der Waals surface area contributed by atoms with E-state index in [4.69, 9.17) is 14.2 Å². The highest BCUT2D eigenvalue weighted by Gasteiger charge is 2.23. The first-order valence-corrected chi connectivity index (χ1v) is 13.1. The lowest BCUT2D eigenvalue weighted by Crippen LogP contribution is -2.26. The molecular weight excluding hydrogens is 500 g/mol. The molecule has 0 aliphatic rings. The lowest BCUT2D eigenvalue weighted by Gasteiger charge is -2.20. The van der Waals surface area contributed by atoms with E-state index in [-0.39, 0.29) is 10.8 Å². The number of sulfonamides is 1. The van der Waals surface area contributed by atoms with Crippen molar-refractivity contribution in [2.75, 3.05) is 38.0 Å². The van der Waals surface area contributed by atoms with Gasteiger partial charge >= 0.3 is 0 Å². The first-order chi connectivity index (χ1) is 17.2. The van der Waals surface area contributed by atoms with Crippen LogP contribution in [-0.2, 0) is 10.0 Å². The number of thiophene rings is 1. The normalized spacial score (nSPS) is 11.2. The van der Waals surface area contributed by atoms with Gasteiger partial charge in [-0.2, -0.15) is 0 Å². The SMILES string of the molecule is COc1ccc(OC)c(NC(=O)c2cc3cc(N(C)S(=O)(=O)c4ccc(OC)c(C)c4)ccc3s2)c1. The van der Waals surface area contributed by atoms with Gasteiger partial charge in [0.15, 0.2) is 0 Å². The summed E-state index contributed by atoms with van der Waals surface area (Å²) in [6, 6.07) is 16.9. The highest BCUT2D eigenvalue weighted by molar-refractivity contribution is 7.92. The number of carbonyl (C=O) groups is 1. The highest BCUT2D eigenvalue weighted by Crippen LogP contribution is 2.34. The molecule has 0 aliphatic heterocycles. The van der Waals surface area contributed by atoms with Crippen LogP contribution in [0.15, 0.2) is 65.6 Å². The van der Waals surface area contributed by atoms with E-state index < -0.39 is 10.0 Å². The summed E-state index contributed by atoms with van der Waals surface area (Å²) in [6.07, 6.45) is 0. The molecule has 1 amide bonds. The minimum Gasteiger partial charge on any atom is -0.497 e. The second kappa shape index (κ2) is 10.1. The molecule has 4 rings (SSSR count). The Hall–Kier alpha value is -3.76. The number of aryl methyl sites for hydroxylation is 1. The Kier molecular flexibility index (Phi) is 7.09. The minimum absolute atomic E-state index is 0.168. The summed E-state index contributed by atoms with van der Waals surface area (Å²) >= 11 is 1.31. The third-order valence-electron chi connectivity index (χ3n) is 5.77. The summed E-state index contributed by atoms with van der Waals surface area (Å²) in [4.78, 5) is 13.6. The van der Waals surface area contributed by atoms with E-state index in [9.17, 15) is 13.2 Å². The van der Waals surface area contributed by atoms with Gasteiger partial charge in [-0.1, -0.05) is 0 Å². The number of benzene rings is 3. The zero-order valence-electron chi connectivity index (χ0n) is 20.5. The fourth-order valence-corrected chi connectivity index (χ4v) is 5.95. The van der Waals surface area contributed by atoms with Gasteiger partial charge in [-0.15, -0.1) is 11.3 Å². The van der Waals surface area contributed by atoms with Crippen LogP contribution in [0.4, 0.5) is 11.4 Å². The predicted molar refractivity (Wildman–Crippen MR) is 143 cm³/mol. The Balaban J connectivity index is 1.61. The van der Waals surface area contributed by atoms with E-state index in [1.165, 1.54) is 35.9 Å². The van der Waals surface area contributed by atoms with Crippen LogP contribution < -0.4 is 23.8 Å². The van der Waals surface area contributed by atoms with Crippen LogP contribution >= 0.6 is 11.3 Å². The second-order valence-corrected chi connectivity index (χ2v) is 11.0. The van der Waals surface area contributed by atoms with Gasteiger partial charge in [-0.3, -0.25) is 9.10 Å². The highest BCUT2D eigenvalue weighted by atomic mass is 32.2. The van der Waals surface area contributed by atoms with E-state index in [0.29, 0.717) is 33.5 Å². The van der Waals surface area contributed by atoms with Crippen molar-refractivity contribution in [3.05, 3.63) is 71.1 Å². The Morgan fingerprint density at radius 1 is 0.889 bits per heavy atom. The van der Waals surface area contributed by atoms with Crippen LogP contribution in [-0.4, -0.2) is 42.7 Å². The standard InChI is InChI=1S/C26H26N2O6S2/c1-16-12-20(8-10-22(16)33-4)36(30,31)28(2)18-6-11-24-17(13-18)14-25(35-24)26(29)27-21-15-19(32-3)7-9-23(21)34-5/h6-15H,1-5H3,(H,27,29). The maximum atomic E-state index is 13.3. The molecule has 1 heterocycles. The lowest BCUT2D eigenvalue weighted by molar-refractivity contribution is 0.103. The molecule has 0 spiro atoms. The van der Waals surface area contributed by atoms with E-state index in [0.717, 1.165) is 15.6 Å². The van der Waals surface area contributed by atoms with Crippen molar-refractivity contribution in [1.29, 1.82) is 0 Å². The number of hydrogen-bond acceptors (Lipinski definition) is 7. The van der Waals surface area contributed by atoms with Crippen LogP contribution in [0.2, 0.25) is 0 Å². The smallest absolute Gasteiger partial charge is 0.265 e. The van der Waals surface area contributed by atoms with Crippen LogP contribution in [0.5, 0.6) is 17.2 Å². The first-order valence-electron chi connectivity index (χ1n) is 10.9. The number of rotatable bonds is 8. The molecule has 1 N–H and O–H groups in total. The maximum absolute atomic E-state index is 13.3. The summed E-state index contributed by atoms with van der Waals surface area (Å²) < 4.78 is 44.4. The molecule has 8 nitrogen and oxygen atoms in total. The van der Waals surface area contributed by atoms with Crippen molar-refractivity contribution in [3.8, 4) is 17.2 Å². The topological polar surface area (TPSA) is 94.2 Å². The van der Waals surface area contributed by atoms with E-state index >= 15 is 0 Å². The van der Waals surface area contributed by atoms with Crippen LogP contribution in [0.1, 0.15) is 15.2 Å². The number of methoxy groups -OCH3 is 3. The van der Waals surface area contributed by atoms with Crippen molar-refractivity contribution in [3.63, 3.8) is 0 Å². The molecule has 0 aliphatic carbocycles. The average molecular weight is 527 g/mol. The molecule has 0 unspecified atom stereocenters. The Labute approximate surface area is 214 Å². The van der Waals surface area contributed by atoms with Gasteiger partial charge in [0.2, 0.25) is 0 Å². The van der Waals surface area contributed by atoms with Gasteiger partial charge in [-0.25, -0.2) is 8.42 Å². The predicted octanol–water partition coefficient (Wildman–Crippen LogP) is 5.31. The zero-order valence-corrected chi connectivity index (χ0v) is 22.1. The van der Waals surface area contributed by atoms with Crippen molar-refractivity contribution >= 4 is 48.7 Å². The summed E-state index contributed by atoms with van der Waals surface area (Å²) in [7, 11) is 2.32. The molecule has 0 saturated heterocycles. The lowest BCUT2D eigenvalue weighted by atomic mass is 10.2. The van der Waals surface area contributed by atoms with Gasteiger partial charge in [0.25, 0.3) is 15.9 Å². The molecule has 36 heavy (non-hydrogen) atoms. The van der Waals surface area contributed by atoms with E-state index in [2.05, 4.69) is 5.32 Å². The van der Waals surface area contributed by atoms with Gasteiger partial charge < -0.3 is 19.5 Å². The molecule has 3 aromatic carbocycles. The number of nitrogens with one attached hydrogen (secondary N) is 1. The Bertz CT molecular complexity index is 1550. The second-order valence-electron chi connectivity index (χ2n) is 7.96. The third-order valence-corrected chi connectivity index (χ3v) is 8.66. The molecule has 0 saturated carbocycles. The molecule has 4 aromatic rings. The molecule has 0 atom stereocenters. The van der Waals surface area contributed by atoms with Gasteiger partial charge in [0.05, 0.1) is 42.5 Å². The maximum Gasteiger partial charge on any atom is 0.265 e. The van der Waals surface area contributed by atoms with Gasteiger partial charge in [0, 0.05) is 17.8 Å². The number of amides is 1. The third kappa shape index (κ3) is 4.82. The van der Waals surface area contributed by atoms with E-state index in [1.54, 1.807) is 69.7 Å². The summed E-state index contributed by atoms with van der Waals surface area (Å²) in [6.45, 7) is 1.79. The molecule has 0 radical (unpaired) electrons. The van der Waals surface area contributed by atoms with Crippen LogP contribution in [0.3, 0.4) is 0 Å². The summed E-state index contributed by atoms with van der Waals surface area (Å²) in [5, 5.41) is 3.62. The van der Waals surface area contributed by atoms with Crippen molar-refractivity contribution < 1.29 is 27.4 Å². The zero-order chi connectivity index (χ0) is 26.0. The number of ether oxygens (including phenoxy) is 3. The Morgan fingerprint density at radius 3 is 2.28 bits per heavy atom. The molecule has 188 valence electrons. The van der Waals surface area contributed by atoms with Crippen LogP contribution in [0.25, 0.3) is 10.1 Å². The van der Waals surface area contributed by atoms with Crippen molar-refractivity contribution in [1.82, 2.24) is 0 Å². The summed E-state index contributed by atoms with van der Waals surface area (Å²) in [5.41, 5.74) is 1.69. The fourth-order valence-electron chi connectivity index (χ4n) is 3.74.